The maximum atomic E-state index is 12.8. The molecule has 0 radical (unpaired) electrons. The van der Waals surface area contributed by atoms with Crippen LogP contribution in [0.1, 0.15) is 13.8 Å². The molecule has 0 amide bonds. The van der Waals surface area contributed by atoms with Gasteiger partial charge in [0, 0.05) is 23.9 Å². The minimum Gasteiger partial charge on any atom is -0.474 e. The topological polar surface area (TPSA) is 99.0 Å². The van der Waals surface area contributed by atoms with Gasteiger partial charge in [-0.05, 0) is 26.0 Å². The lowest BCUT2D eigenvalue weighted by molar-refractivity contribution is 0.231. The van der Waals surface area contributed by atoms with E-state index in [0.29, 0.717) is 17.4 Å². The number of rotatable bonds is 7. The van der Waals surface area contributed by atoms with Crippen molar-refractivity contribution in [2.75, 3.05) is 4.72 Å². The first-order chi connectivity index (χ1) is 14.9. The number of sulfonamides is 1. The zero-order chi connectivity index (χ0) is 21.8. The van der Waals surface area contributed by atoms with Crippen LogP contribution in [0.25, 0.3) is 17.1 Å². The third-order valence-corrected chi connectivity index (χ3v) is 5.56. The Morgan fingerprint density at radius 2 is 1.61 bits per heavy atom. The number of benzene rings is 2. The van der Waals surface area contributed by atoms with Gasteiger partial charge in [0.05, 0.1) is 16.7 Å². The molecule has 0 saturated carbocycles. The van der Waals surface area contributed by atoms with Gasteiger partial charge in [-0.3, -0.25) is 0 Å². The smallest absolute Gasteiger partial charge is 0.264 e. The van der Waals surface area contributed by atoms with Gasteiger partial charge >= 0.3 is 0 Å². The maximum absolute atomic E-state index is 12.8. The second-order valence-electron chi connectivity index (χ2n) is 6.98. The van der Waals surface area contributed by atoms with Crippen molar-refractivity contribution in [2.45, 2.75) is 24.8 Å². The molecular weight excluding hydrogens is 414 g/mol. The molecule has 0 aliphatic heterocycles. The molecule has 0 atom stereocenters. The van der Waals surface area contributed by atoms with E-state index >= 15 is 0 Å². The highest BCUT2D eigenvalue weighted by molar-refractivity contribution is 7.92. The summed E-state index contributed by atoms with van der Waals surface area (Å²) < 4.78 is 35.2. The van der Waals surface area contributed by atoms with Crippen molar-refractivity contribution in [3.8, 4) is 23.0 Å². The molecule has 158 valence electrons. The van der Waals surface area contributed by atoms with Gasteiger partial charge in [0.15, 0.2) is 5.82 Å². The molecule has 4 aromatic rings. The van der Waals surface area contributed by atoms with Crippen LogP contribution in [0.5, 0.6) is 5.88 Å². The van der Waals surface area contributed by atoms with Crippen molar-refractivity contribution < 1.29 is 13.2 Å². The van der Waals surface area contributed by atoms with Crippen molar-refractivity contribution in [2.24, 2.45) is 0 Å². The third-order valence-electron chi connectivity index (χ3n) is 4.22. The Bertz CT molecular complexity index is 1270. The van der Waals surface area contributed by atoms with Gasteiger partial charge in [-0.2, -0.15) is 4.98 Å². The monoisotopic (exact) mass is 435 g/mol. The molecule has 0 fully saturated rings. The van der Waals surface area contributed by atoms with Gasteiger partial charge in [-0.15, -0.1) is 5.10 Å². The van der Waals surface area contributed by atoms with Gasteiger partial charge in [0.25, 0.3) is 10.0 Å². The number of hydrogen-bond acceptors (Lipinski definition) is 6. The van der Waals surface area contributed by atoms with Crippen molar-refractivity contribution in [1.29, 1.82) is 0 Å². The second kappa shape index (κ2) is 8.57. The molecule has 0 saturated heterocycles. The van der Waals surface area contributed by atoms with Crippen LogP contribution in [-0.4, -0.2) is 34.3 Å². The van der Waals surface area contributed by atoms with E-state index < -0.39 is 10.0 Å². The first-order valence-corrected chi connectivity index (χ1v) is 11.1. The number of anilines is 1. The molecule has 0 spiro atoms. The zero-order valence-electron chi connectivity index (χ0n) is 17.0. The highest BCUT2D eigenvalue weighted by Crippen LogP contribution is 2.23. The van der Waals surface area contributed by atoms with Crippen LogP contribution >= 0.6 is 0 Å². The van der Waals surface area contributed by atoms with Crippen LogP contribution in [0.2, 0.25) is 0 Å². The predicted molar refractivity (Wildman–Crippen MR) is 118 cm³/mol. The number of ether oxygens (including phenoxy) is 1. The SMILES string of the molecule is CC(C)Oc1ccn(-c2cc(-c3ccccc3)nc(NS(=O)(=O)c3ccccc3)n2)n1. The van der Waals surface area contributed by atoms with Crippen molar-refractivity contribution in [3.05, 3.63) is 79.0 Å². The van der Waals surface area contributed by atoms with Crippen LogP contribution < -0.4 is 9.46 Å². The highest BCUT2D eigenvalue weighted by Gasteiger charge is 2.18. The van der Waals surface area contributed by atoms with Crippen molar-refractivity contribution in [1.82, 2.24) is 19.7 Å². The van der Waals surface area contributed by atoms with E-state index in [1.54, 1.807) is 36.5 Å². The van der Waals surface area contributed by atoms with E-state index in [1.165, 1.54) is 16.8 Å². The summed E-state index contributed by atoms with van der Waals surface area (Å²) in [7, 11) is -3.85. The van der Waals surface area contributed by atoms with Crippen LogP contribution in [0.15, 0.2) is 83.9 Å². The number of nitrogens with zero attached hydrogens (tertiary/aromatic N) is 4. The molecule has 2 aromatic carbocycles. The maximum Gasteiger partial charge on any atom is 0.264 e. The molecule has 0 aliphatic carbocycles. The van der Waals surface area contributed by atoms with E-state index in [4.69, 9.17) is 4.74 Å². The molecule has 0 unspecified atom stereocenters. The van der Waals surface area contributed by atoms with Crippen LogP contribution in [0.4, 0.5) is 5.95 Å². The van der Waals surface area contributed by atoms with Crippen molar-refractivity contribution >= 4 is 16.0 Å². The molecule has 2 heterocycles. The average molecular weight is 436 g/mol. The number of hydrogen-bond donors (Lipinski definition) is 1. The summed E-state index contributed by atoms with van der Waals surface area (Å²) in [4.78, 5) is 8.92. The van der Waals surface area contributed by atoms with Gasteiger partial charge in [-0.1, -0.05) is 48.5 Å². The Labute approximate surface area is 180 Å². The molecule has 0 bridgehead atoms. The van der Waals surface area contributed by atoms with Crippen LogP contribution in [-0.2, 0) is 10.0 Å². The standard InChI is InChI=1S/C22H21N5O3S/c1-16(2)30-21-13-14-27(25-21)20-15-19(17-9-5-3-6-10-17)23-22(24-20)26-31(28,29)18-11-7-4-8-12-18/h3-16H,1-2H3,(H,23,24,26). The average Bonchev–Trinajstić information content (AvgIpc) is 3.22. The lowest BCUT2D eigenvalue weighted by Crippen LogP contribution is -2.16. The van der Waals surface area contributed by atoms with Gasteiger partial charge in [0.2, 0.25) is 11.8 Å². The summed E-state index contributed by atoms with van der Waals surface area (Å²) in [6.45, 7) is 3.82. The Morgan fingerprint density at radius 1 is 0.935 bits per heavy atom. The number of nitrogens with one attached hydrogen (secondary N) is 1. The summed E-state index contributed by atoms with van der Waals surface area (Å²) in [5, 5.41) is 4.38. The fraction of sp³-hybridized carbons (Fsp3) is 0.136. The summed E-state index contributed by atoms with van der Waals surface area (Å²) in [5.74, 6) is 0.793. The molecular formula is C22H21N5O3S. The highest BCUT2D eigenvalue weighted by atomic mass is 32.2. The van der Waals surface area contributed by atoms with E-state index in [0.717, 1.165) is 5.56 Å². The third kappa shape index (κ3) is 4.89. The van der Waals surface area contributed by atoms with Crippen LogP contribution in [0.3, 0.4) is 0 Å². The van der Waals surface area contributed by atoms with Gasteiger partial charge in [0.1, 0.15) is 0 Å². The lowest BCUT2D eigenvalue weighted by Gasteiger charge is -2.11. The van der Waals surface area contributed by atoms with E-state index in [-0.39, 0.29) is 16.9 Å². The van der Waals surface area contributed by atoms with Gasteiger partial charge in [-0.25, -0.2) is 22.8 Å². The molecule has 4 rings (SSSR count). The van der Waals surface area contributed by atoms with Crippen LogP contribution in [0, 0.1) is 0 Å². The second-order valence-corrected chi connectivity index (χ2v) is 8.67. The van der Waals surface area contributed by atoms with E-state index in [2.05, 4.69) is 19.8 Å². The summed E-state index contributed by atoms with van der Waals surface area (Å²) in [6.07, 6.45) is 1.67. The Morgan fingerprint density at radius 3 is 2.29 bits per heavy atom. The molecule has 1 N–H and O–H groups in total. The molecule has 31 heavy (non-hydrogen) atoms. The first-order valence-electron chi connectivity index (χ1n) is 9.66. The molecule has 9 heteroatoms. The quantitative estimate of drug-likeness (QED) is 0.472. The fourth-order valence-corrected chi connectivity index (χ4v) is 3.84. The minimum atomic E-state index is -3.85. The van der Waals surface area contributed by atoms with Gasteiger partial charge < -0.3 is 4.74 Å². The molecule has 8 nitrogen and oxygen atoms in total. The largest absolute Gasteiger partial charge is 0.474 e. The predicted octanol–water partition coefficient (Wildman–Crippen LogP) is 3.92. The summed E-state index contributed by atoms with van der Waals surface area (Å²) in [6, 6.07) is 21.0. The summed E-state index contributed by atoms with van der Waals surface area (Å²) in [5.41, 5.74) is 1.37. The van der Waals surface area contributed by atoms with Crippen molar-refractivity contribution in [3.63, 3.8) is 0 Å². The normalized spacial score (nSPS) is 11.5. The zero-order valence-corrected chi connectivity index (χ0v) is 17.8. The Hall–Kier alpha value is -3.72. The minimum absolute atomic E-state index is 0.0260. The van der Waals surface area contributed by atoms with E-state index in [9.17, 15) is 8.42 Å². The Balaban J connectivity index is 1.76. The first kappa shape index (κ1) is 20.5. The lowest BCUT2D eigenvalue weighted by atomic mass is 10.1. The van der Waals surface area contributed by atoms with E-state index in [1.807, 2.05) is 44.2 Å². The molecule has 0 aliphatic rings. The molecule has 2 aromatic heterocycles. The number of aromatic nitrogens is 4. The Kier molecular flexibility index (Phi) is 5.68. The summed E-state index contributed by atoms with van der Waals surface area (Å²) >= 11 is 0. The fourth-order valence-electron chi connectivity index (χ4n) is 2.87.